The summed E-state index contributed by atoms with van der Waals surface area (Å²) in [6, 6.07) is 6.07. The Morgan fingerprint density at radius 3 is 2.77 bits per heavy atom. The summed E-state index contributed by atoms with van der Waals surface area (Å²) < 4.78 is 0. The van der Waals surface area contributed by atoms with Gasteiger partial charge in [-0.25, -0.2) is 0 Å². The fraction of sp³-hybridized carbons (Fsp3) is 0.167. The Labute approximate surface area is 79.6 Å². The molecule has 68 valence electrons. The average Bonchev–Trinajstić information content (AvgIpc) is 2.04. The topological polar surface area (TPSA) is 26.0 Å². The molecule has 0 bridgehead atoms. The summed E-state index contributed by atoms with van der Waals surface area (Å²) >= 11 is 0. The summed E-state index contributed by atoms with van der Waals surface area (Å²) in [5.74, 6) is 0. The van der Waals surface area contributed by atoms with E-state index in [9.17, 15) is 0 Å². The molecule has 1 nitrogen and oxygen atoms in total. The third kappa shape index (κ3) is 2.79. The highest BCUT2D eigenvalue weighted by atomic mass is 14.5. The molecular weight excluding hydrogens is 158 g/mol. The lowest BCUT2D eigenvalue weighted by atomic mass is 10.1. The van der Waals surface area contributed by atoms with Crippen LogP contribution in [0.2, 0.25) is 0 Å². The molecule has 0 saturated carbocycles. The van der Waals surface area contributed by atoms with Gasteiger partial charge < -0.3 is 5.73 Å². The zero-order valence-electron chi connectivity index (χ0n) is 7.96. The monoisotopic (exact) mass is 173 g/mol. The van der Waals surface area contributed by atoms with E-state index in [4.69, 9.17) is 5.73 Å². The molecule has 0 aliphatic rings. The van der Waals surface area contributed by atoms with Crippen molar-refractivity contribution in [2.75, 3.05) is 5.73 Å². The Kier molecular flexibility index (Phi) is 3.32. The zero-order valence-corrected chi connectivity index (χ0v) is 7.96. The van der Waals surface area contributed by atoms with Crippen molar-refractivity contribution in [3.8, 4) is 0 Å². The lowest BCUT2D eigenvalue weighted by Gasteiger charge is -2.01. The Morgan fingerprint density at radius 2 is 2.15 bits per heavy atom. The number of anilines is 1. The first-order valence-corrected chi connectivity index (χ1v) is 4.39. The molecule has 0 heterocycles. The number of nitrogens with two attached hydrogens (primary N) is 1. The first kappa shape index (κ1) is 9.59. The standard InChI is InChI=1S/C12H15N/c1-3-5-10-7-11(6-4-2)9-12(13)8-10/h3-4,6-9H,1,5,13H2,2H3. The summed E-state index contributed by atoms with van der Waals surface area (Å²) in [5.41, 5.74) is 8.93. The largest absolute Gasteiger partial charge is 0.399 e. The van der Waals surface area contributed by atoms with Crippen molar-refractivity contribution in [3.05, 3.63) is 48.1 Å². The van der Waals surface area contributed by atoms with Crippen molar-refractivity contribution in [2.24, 2.45) is 0 Å². The second-order valence-corrected chi connectivity index (χ2v) is 3.00. The van der Waals surface area contributed by atoms with Gasteiger partial charge in [0.2, 0.25) is 0 Å². The second kappa shape index (κ2) is 4.51. The molecule has 0 radical (unpaired) electrons. The SMILES string of the molecule is C=CCc1cc(N)cc(C=CC)c1. The molecule has 1 heteroatoms. The number of allylic oxidation sites excluding steroid dienone is 2. The van der Waals surface area contributed by atoms with Gasteiger partial charge in [-0.3, -0.25) is 0 Å². The molecule has 0 aliphatic carbocycles. The minimum atomic E-state index is 0.812. The van der Waals surface area contributed by atoms with Crippen LogP contribution in [0.4, 0.5) is 5.69 Å². The Morgan fingerprint density at radius 1 is 1.38 bits per heavy atom. The third-order valence-electron chi connectivity index (χ3n) is 1.78. The van der Waals surface area contributed by atoms with Gasteiger partial charge in [-0.2, -0.15) is 0 Å². The smallest absolute Gasteiger partial charge is 0.0322 e. The first-order valence-electron chi connectivity index (χ1n) is 4.39. The van der Waals surface area contributed by atoms with E-state index in [2.05, 4.69) is 12.6 Å². The lowest BCUT2D eigenvalue weighted by molar-refractivity contribution is 1.27. The molecule has 1 rings (SSSR count). The van der Waals surface area contributed by atoms with Crippen LogP contribution in [0.15, 0.2) is 36.9 Å². The van der Waals surface area contributed by atoms with E-state index in [0.717, 1.165) is 17.7 Å². The van der Waals surface area contributed by atoms with Gasteiger partial charge in [-0.05, 0) is 36.6 Å². The highest BCUT2D eigenvalue weighted by Crippen LogP contribution is 2.14. The van der Waals surface area contributed by atoms with Gasteiger partial charge in [0, 0.05) is 5.69 Å². The molecule has 13 heavy (non-hydrogen) atoms. The molecule has 0 aliphatic heterocycles. The van der Waals surface area contributed by atoms with Gasteiger partial charge in [0.1, 0.15) is 0 Å². The molecule has 0 amide bonds. The van der Waals surface area contributed by atoms with E-state index in [1.165, 1.54) is 5.56 Å². The van der Waals surface area contributed by atoms with E-state index < -0.39 is 0 Å². The van der Waals surface area contributed by atoms with Gasteiger partial charge in [-0.15, -0.1) is 6.58 Å². The Bertz CT molecular complexity index is 324. The molecule has 0 saturated heterocycles. The molecular formula is C12H15N. The van der Waals surface area contributed by atoms with Gasteiger partial charge in [0.05, 0.1) is 0 Å². The zero-order chi connectivity index (χ0) is 9.68. The summed E-state index contributed by atoms with van der Waals surface area (Å²) in [7, 11) is 0. The van der Waals surface area contributed by atoms with E-state index >= 15 is 0 Å². The molecule has 0 fully saturated rings. The van der Waals surface area contributed by atoms with Crippen molar-refractivity contribution in [1.82, 2.24) is 0 Å². The molecule has 0 unspecified atom stereocenters. The number of benzene rings is 1. The normalized spacial score (nSPS) is 10.5. The first-order chi connectivity index (χ1) is 6.26. The van der Waals surface area contributed by atoms with Crippen LogP contribution in [-0.4, -0.2) is 0 Å². The van der Waals surface area contributed by atoms with Crippen LogP contribution in [0.5, 0.6) is 0 Å². The van der Waals surface area contributed by atoms with Crippen LogP contribution in [0, 0.1) is 0 Å². The number of hydrogen-bond acceptors (Lipinski definition) is 1. The molecule has 0 spiro atoms. The maximum absolute atomic E-state index is 5.75. The maximum atomic E-state index is 5.75. The van der Waals surface area contributed by atoms with E-state index in [-0.39, 0.29) is 0 Å². The lowest BCUT2D eigenvalue weighted by Crippen LogP contribution is -1.89. The number of hydrogen-bond donors (Lipinski definition) is 1. The van der Waals surface area contributed by atoms with Crippen molar-refractivity contribution < 1.29 is 0 Å². The van der Waals surface area contributed by atoms with Crippen LogP contribution in [0.1, 0.15) is 18.1 Å². The van der Waals surface area contributed by atoms with Crippen molar-refractivity contribution in [1.29, 1.82) is 0 Å². The molecule has 1 aromatic rings. The van der Waals surface area contributed by atoms with Crippen molar-refractivity contribution >= 4 is 11.8 Å². The summed E-state index contributed by atoms with van der Waals surface area (Å²) in [6.07, 6.45) is 6.80. The Hall–Kier alpha value is -1.50. The van der Waals surface area contributed by atoms with Crippen LogP contribution >= 0.6 is 0 Å². The predicted molar refractivity (Wildman–Crippen MR) is 59.5 cm³/mol. The molecule has 1 aromatic carbocycles. The minimum Gasteiger partial charge on any atom is -0.399 e. The molecule has 0 aromatic heterocycles. The van der Waals surface area contributed by atoms with E-state index in [1.54, 1.807) is 0 Å². The van der Waals surface area contributed by atoms with Crippen LogP contribution in [-0.2, 0) is 6.42 Å². The van der Waals surface area contributed by atoms with Gasteiger partial charge in [0.15, 0.2) is 0 Å². The number of nitrogen functional groups attached to an aromatic ring is 1. The molecule has 0 atom stereocenters. The van der Waals surface area contributed by atoms with Crippen LogP contribution < -0.4 is 5.73 Å². The second-order valence-electron chi connectivity index (χ2n) is 3.00. The van der Waals surface area contributed by atoms with Crippen molar-refractivity contribution in [2.45, 2.75) is 13.3 Å². The Balaban J connectivity index is 3.02. The van der Waals surface area contributed by atoms with E-state index in [0.29, 0.717) is 0 Å². The van der Waals surface area contributed by atoms with Gasteiger partial charge >= 0.3 is 0 Å². The van der Waals surface area contributed by atoms with Crippen LogP contribution in [0.25, 0.3) is 6.08 Å². The fourth-order valence-electron chi connectivity index (χ4n) is 1.32. The fourth-order valence-corrected chi connectivity index (χ4v) is 1.32. The molecule has 2 N–H and O–H groups in total. The average molecular weight is 173 g/mol. The van der Waals surface area contributed by atoms with Crippen LogP contribution in [0.3, 0.4) is 0 Å². The highest BCUT2D eigenvalue weighted by Gasteiger charge is 1.94. The predicted octanol–water partition coefficient (Wildman–Crippen LogP) is 3.03. The van der Waals surface area contributed by atoms with Gasteiger partial charge in [-0.1, -0.05) is 24.3 Å². The maximum Gasteiger partial charge on any atom is 0.0322 e. The minimum absolute atomic E-state index is 0.812. The highest BCUT2D eigenvalue weighted by molar-refractivity contribution is 5.57. The van der Waals surface area contributed by atoms with E-state index in [1.807, 2.05) is 37.3 Å². The summed E-state index contributed by atoms with van der Waals surface area (Å²) in [4.78, 5) is 0. The summed E-state index contributed by atoms with van der Waals surface area (Å²) in [6.45, 7) is 5.70. The van der Waals surface area contributed by atoms with Crippen molar-refractivity contribution in [3.63, 3.8) is 0 Å². The van der Waals surface area contributed by atoms with Gasteiger partial charge in [0.25, 0.3) is 0 Å². The quantitative estimate of drug-likeness (QED) is 0.552. The number of rotatable bonds is 3. The summed E-state index contributed by atoms with van der Waals surface area (Å²) in [5, 5.41) is 0. The third-order valence-corrected chi connectivity index (χ3v) is 1.78.